The van der Waals surface area contributed by atoms with Crippen LogP contribution >= 0.6 is 11.6 Å². The summed E-state index contributed by atoms with van der Waals surface area (Å²) in [5.74, 6) is -2.04. The molecule has 1 heterocycles. The molecule has 0 saturated heterocycles. The summed E-state index contributed by atoms with van der Waals surface area (Å²) in [5.41, 5.74) is -2.07. The van der Waals surface area contributed by atoms with Gasteiger partial charge in [0.05, 0.1) is 11.3 Å². The van der Waals surface area contributed by atoms with Crippen molar-refractivity contribution in [3.05, 3.63) is 21.3 Å². The average Bonchev–Trinajstić information content (AvgIpc) is 2.45. The fraction of sp³-hybridized carbons (Fsp3) is 0.429. The summed E-state index contributed by atoms with van der Waals surface area (Å²) in [4.78, 5) is 20.2. The van der Waals surface area contributed by atoms with Crippen molar-refractivity contribution < 1.29 is 19.9 Å². The van der Waals surface area contributed by atoms with Crippen LogP contribution in [0.1, 0.15) is 6.92 Å². The normalized spacial score (nSPS) is 14.4. The third-order valence-electron chi connectivity index (χ3n) is 1.80. The smallest absolute Gasteiger partial charge is 0.408 e. The number of rotatable bonds is 4. The van der Waals surface area contributed by atoms with Crippen molar-refractivity contribution in [1.29, 1.82) is 0 Å². The maximum Gasteiger partial charge on any atom is 0.408 e. The van der Waals surface area contributed by atoms with Crippen LogP contribution in [0.5, 0.6) is 0 Å². The van der Waals surface area contributed by atoms with E-state index in [1.54, 1.807) is 0 Å². The first kappa shape index (κ1) is 12.4. The quantitative estimate of drug-likeness (QED) is 0.584. The van der Waals surface area contributed by atoms with E-state index in [9.17, 15) is 20.0 Å². The Morgan fingerprint density at radius 3 is 2.75 bits per heavy atom. The standard InChI is InChI=1S/C7H8ClN3O5/c1-7(14,6(12)13)3-10-2-4(8)5(9-10)11(15)16/h2,14H,3H2,1H3,(H,12,13). The molecule has 0 saturated carbocycles. The number of aliphatic carboxylic acids is 1. The third-order valence-corrected chi connectivity index (χ3v) is 2.07. The van der Waals surface area contributed by atoms with Crippen molar-refractivity contribution in [3.63, 3.8) is 0 Å². The van der Waals surface area contributed by atoms with Gasteiger partial charge in [-0.3, -0.25) is 0 Å². The number of carboxylic acid groups (broad SMARTS) is 1. The number of hydrogen-bond acceptors (Lipinski definition) is 5. The molecule has 0 aromatic carbocycles. The van der Waals surface area contributed by atoms with Gasteiger partial charge in [0.1, 0.15) is 6.54 Å². The first-order valence-electron chi connectivity index (χ1n) is 4.07. The van der Waals surface area contributed by atoms with Crippen LogP contribution in [0.15, 0.2) is 6.20 Å². The number of nitrogens with zero attached hydrogens (tertiary/aromatic N) is 3. The molecule has 0 aliphatic carbocycles. The summed E-state index contributed by atoms with van der Waals surface area (Å²) in [7, 11) is 0. The molecule has 0 fully saturated rings. The number of carbonyl (C=O) groups is 1. The van der Waals surface area contributed by atoms with Gasteiger partial charge in [-0.1, -0.05) is 11.6 Å². The van der Waals surface area contributed by atoms with Gasteiger partial charge in [-0.25, -0.2) is 4.79 Å². The summed E-state index contributed by atoms with van der Waals surface area (Å²) < 4.78 is 0.911. The van der Waals surface area contributed by atoms with Gasteiger partial charge in [0, 0.05) is 0 Å². The van der Waals surface area contributed by atoms with Crippen molar-refractivity contribution in [2.45, 2.75) is 19.1 Å². The molecular formula is C7H8ClN3O5. The van der Waals surface area contributed by atoms with Crippen LogP contribution in [-0.2, 0) is 11.3 Å². The predicted octanol–water partition coefficient (Wildman–Crippen LogP) is 0.280. The lowest BCUT2D eigenvalue weighted by Gasteiger charge is -2.15. The minimum atomic E-state index is -2.07. The molecule has 88 valence electrons. The van der Waals surface area contributed by atoms with Gasteiger partial charge in [0.15, 0.2) is 10.6 Å². The molecule has 1 aromatic heterocycles. The fourth-order valence-electron chi connectivity index (χ4n) is 0.975. The molecule has 0 spiro atoms. The predicted molar refractivity (Wildman–Crippen MR) is 52.2 cm³/mol. The molecule has 1 atom stereocenters. The van der Waals surface area contributed by atoms with Crippen LogP contribution < -0.4 is 0 Å². The van der Waals surface area contributed by atoms with Crippen LogP contribution in [0, 0.1) is 10.1 Å². The van der Waals surface area contributed by atoms with Crippen molar-refractivity contribution in [3.8, 4) is 0 Å². The Bertz CT molecular complexity index is 441. The van der Waals surface area contributed by atoms with E-state index < -0.39 is 28.9 Å². The fourth-order valence-corrected chi connectivity index (χ4v) is 1.19. The molecule has 0 radical (unpaired) electrons. The number of halogens is 1. The van der Waals surface area contributed by atoms with Crippen LogP contribution in [0.2, 0.25) is 5.02 Å². The molecule has 2 N–H and O–H groups in total. The Morgan fingerprint density at radius 2 is 2.38 bits per heavy atom. The second kappa shape index (κ2) is 4.06. The van der Waals surface area contributed by atoms with E-state index in [1.807, 2.05) is 0 Å². The molecule has 0 amide bonds. The number of hydrogen-bond donors (Lipinski definition) is 2. The first-order chi connectivity index (χ1) is 7.24. The topological polar surface area (TPSA) is 118 Å². The van der Waals surface area contributed by atoms with E-state index in [2.05, 4.69) is 5.10 Å². The van der Waals surface area contributed by atoms with Crippen LogP contribution in [0.4, 0.5) is 5.82 Å². The number of carboxylic acids is 1. The highest BCUT2D eigenvalue weighted by Gasteiger charge is 2.33. The highest BCUT2D eigenvalue weighted by molar-refractivity contribution is 6.32. The van der Waals surface area contributed by atoms with Gasteiger partial charge in [-0.2, -0.15) is 4.68 Å². The minimum absolute atomic E-state index is 0.216. The first-order valence-corrected chi connectivity index (χ1v) is 4.45. The molecule has 0 aliphatic rings. The molecule has 1 rings (SSSR count). The Kier molecular flexibility index (Phi) is 3.15. The summed E-state index contributed by atoms with van der Waals surface area (Å²) in [6.45, 7) is 0.618. The number of nitro groups is 1. The van der Waals surface area contributed by atoms with E-state index >= 15 is 0 Å². The number of aliphatic hydroxyl groups is 1. The average molecular weight is 250 g/mol. The van der Waals surface area contributed by atoms with Gasteiger partial charge in [-0.05, 0) is 11.8 Å². The van der Waals surface area contributed by atoms with Crippen molar-refractivity contribution in [1.82, 2.24) is 9.78 Å². The minimum Gasteiger partial charge on any atom is -0.479 e. The van der Waals surface area contributed by atoms with Crippen LogP contribution in [0.3, 0.4) is 0 Å². The molecule has 16 heavy (non-hydrogen) atoms. The lowest BCUT2D eigenvalue weighted by molar-refractivity contribution is -0.389. The summed E-state index contributed by atoms with van der Waals surface area (Å²) in [6.07, 6.45) is 1.08. The number of aromatic nitrogens is 2. The van der Waals surface area contributed by atoms with Crippen LogP contribution in [0.25, 0.3) is 0 Å². The van der Waals surface area contributed by atoms with Gasteiger partial charge < -0.3 is 20.3 Å². The summed E-state index contributed by atoms with van der Waals surface area (Å²) in [5, 5.41) is 31.7. The maximum absolute atomic E-state index is 10.6. The van der Waals surface area contributed by atoms with Gasteiger partial charge in [0.25, 0.3) is 0 Å². The molecule has 8 nitrogen and oxygen atoms in total. The van der Waals surface area contributed by atoms with Gasteiger partial charge in [0.2, 0.25) is 0 Å². The van der Waals surface area contributed by atoms with Gasteiger partial charge in [-0.15, -0.1) is 0 Å². The summed E-state index contributed by atoms with van der Waals surface area (Å²) >= 11 is 5.49. The molecule has 9 heteroatoms. The zero-order valence-electron chi connectivity index (χ0n) is 8.12. The molecule has 1 aromatic rings. The SMILES string of the molecule is CC(O)(Cn1cc(Cl)c([N+](=O)[O-])n1)C(=O)O. The monoisotopic (exact) mass is 249 g/mol. The largest absolute Gasteiger partial charge is 0.479 e. The Labute approximate surface area is 94.2 Å². The van der Waals surface area contributed by atoms with Crippen molar-refractivity contribution in [2.24, 2.45) is 0 Å². The van der Waals surface area contributed by atoms with Crippen molar-refractivity contribution >= 4 is 23.4 Å². The zero-order chi connectivity index (χ0) is 12.5. The van der Waals surface area contributed by atoms with Crippen LogP contribution in [-0.4, -0.2) is 36.5 Å². The Balaban J connectivity index is 2.96. The van der Waals surface area contributed by atoms with E-state index in [0.29, 0.717) is 0 Å². The maximum atomic E-state index is 10.6. The highest BCUT2D eigenvalue weighted by atomic mass is 35.5. The van der Waals surface area contributed by atoms with E-state index in [1.165, 1.54) is 0 Å². The van der Waals surface area contributed by atoms with E-state index in [-0.39, 0.29) is 5.02 Å². The Morgan fingerprint density at radius 1 is 1.81 bits per heavy atom. The lowest BCUT2D eigenvalue weighted by Crippen LogP contribution is -2.39. The Hall–Kier alpha value is -1.67. The van der Waals surface area contributed by atoms with E-state index in [4.69, 9.17) is 16.7 Å². The highest BCUT2D eigenvalue weighted by Crippen LogP contribution is 2.22. The third kappa shape index (κ3) is 2.47. The van der Waals surface area contributed by atoms with Gasteiger partial charge >= 0.3 is 11.8 Å². The molecule has 1 unspecified atom stereocenters. The molecule has 0 bridgehead atoms. The second-order valence-electron chi connectivity index (χ2n) is 3.33. The molecular weight excluding hydrogens is 242 g/mol. The second-order valence-corrected chi connectivity index (χ2v) is 3.74. The van der Waals surface area contributed by atoms with Crippen molar-refractivity contribution in [2.75, 3.05) is 0 Å². The molecule has 0 aliphatic heterocycles. The zero-order valence-corrected chi connectivity index (χ0v) is 8.88. The summed E-state index contributed by atoms with van der Waals surface area (Å²) in [6, 6.07) is 0. The van der Waals surface area contributed by atoms with E-state index in [0.717, 1.165) is 17.8 Å². The lowest BCUT2D eigenvalue weighted by atomic mass is 10.1.